The molecule has 98 valence electrons. The summed E-state index contributed by atoms with van der Waals surface area (Å²) < 4.78 is 5.03. The second kappa shape index (κ2) is 4.81. The molecule has 2 N–H and O–H groups in total. The zero-order valence-electron chi connectivity index (χ0n) is 9.75. The summed E-state index contributed by atoms with van der Waals surface area (Å²) in [6, 6.07) is 0.0428. The lowest BCUT2D eigenvalue weighted by Gasteiger charge is -1.97. The van der Waals surface area contributed by atoms with Crippen molar-refractivity contribution in [2.24, 2.45) is 5.92 Å². The van der Waals surface area contributed by atoms with Gasteiger partial charge in [-0.1, -0.05) is 0 Å². The molecule has 1 aliphatic rings. The normalized spacial score (nSPS) is 14.1. The molecule has 3 rings (SSSR count). The van der Waals surface area contributed by atoms with Crippen LogP contribution in [0.2, 0.25) is 0 Å². The van der Waals surface area contributed by atoms with Crippen LogP contribution in [-0.4, -0.2) is 21.8 Å². The number of anilines is 2. The standard InChI is InChI=1S/C11H10N4O3S/c16-8(6-1-2-6)14-10-13-7(5-18-10)9(17)15-11-12-3-4-19-11/h3-6H,1-2H2,(H,12,15,17)(H,13,14,16). The van der Waals surface area contributed by atoms with E-state index in [-0.39, 0.29) is 23.5 Å². The predicted molar refractivity (Wildman–Crippen MR) is 67.9 cm³/mol. The first-order valence-electron chi connectivity index (χ1n) is 5.69. The fraction of sp³-hybridized carbons (Fsp3) is 0.273. The highest BCUT2D eigenvalue weighted by atomic mass is 32.1. The molecule has 2 aromatic rings. The lowest BCUT2D eigenvalue weighted by molar-refractivity contribution is -0.117. The Kier molecular flexibility index (Phi) is 3.00. The van der Waals surface area contributed by atoms with Crippen LogP contribution < -0.4 is 10.6 Å². The number of thiazole rings is 1. The van der Waals surface area contributed by atoms with Gasteiger partial charge in [0.1, 0.15) is 6.26 Å². The van der Waals surface area contributed by atoms with E-state index in [1.807, 2.05) is 0 Å². The number of nitrogens with zero attached hydrogens (tertiary/aromatic N) is 2. The van der Waals surface area contributed by atoms with Gasteiger partial charge in [-0.2, -0.15) is 4.98 Å². The van der Waals surface area contributed by atoms with Crippen molar-refractivity contribution in [3.05, 3.63) is 23.5 Å². The van der Waals surface area contributed by atoms with Crippen molar-refractivity contribution < 1.29 is 14.0 Å². The van der Waals surface area contributed by atoms with Gasteiger partial charge in [-0.3, -0.25) is 20.2 Å². The Morgan fingerprint density at radius 3 is 2.89 bits per heavy atom. The van der Waals surface area contributed by atoms with E-state index in [1.165, 1.54) is 17.6 Å². The quantitative estimate of drug-likeness (QED) is 0.887. The molecule has 0 unspecified atom stereocenters. The molecule has 0 spiro atoms. The van der Waals surface area contributed by atoms with Crippen LogP contribution in [0.3, 0.4) is 0 Å². The van der Waals surface area contributed by atoms with Gasteiger partial charge >= 0.3 is 6.01 Å². The molecule has 19 heavy (non-hydrogen) atoms. The first kappa shape index (κ1) is 11.8. The van der Waals surface area contributed by atoms with Crippen molar-refractivity contribution in [2.45, 2.75) is 12.8 Å². The third kappa shape index (κ3) is 2.79. The van der Waals surface area contributed by atoms with Crippen molar-refractivity contribution in [2.75, 3.05) is 10.6 Å². The van der Waals surface area contributed by atoms with E-state index in [4.69, 9.17) is 4.42 Å². The number of rotatable bonds is 4. The number of oxazole rings is 1. The van der Waals surface area contributed by atoms with E-state index < -0.39 is 5.91 Å². The Bertz CT molecular complexity index is 603. The maximum absolute atomic E-state index is 11.8. The van der Waals surface area contributed by atoms with Crippen LogP contribution in [0.25, 0.3) is 0 Å². The van der Waals surface area contributed by atoms with Crippen molar-refractivity contribution in [3.63, 3.8) is 0 Å². The Balaban J connectivity index is 1.63. The van der Waals surface area contributed by atoms with Crippen molar-refractivity contribution in [3.8, 4) is 0 Å². The maximum Gasteiger partial charge on any atom is 0.302 e. The van der Waals surface area contributed by atoms with Crippen LogP contribution in [0.1, 0.15) is 23.3 Å². The second-order valence-electron chi connectivity index (χ2n) is 4.09. The van der Waals surface area contributed by atoms with Gasteiger partial charge in [0.05, 0.1) is 0 Å². The Morgan fingerprint density at radius 2 is 2.21 bits per heavy atom. The van der Waals surface area contributed by atoms with Crippen LogP contribution >= 0.6 is 11.3 Å². The largest absolute Gasteiger partial charge is 0.431 e. The molecule has 1 saturated carbocycles. The van der Waals surface area contributed by atoms with Crippen molar-refractivity contribution in [1.29, 1.82) is 0 Å². The average Bonchev–Trinajstić information content (AvgIpc) is 2.93. The van der Waals surface area contributed by atoms with Gasteiger partial charge in [-0.15, -0.1) is 11.3 Å². The van der Waals surface area contributed by atoms with Gasteiger partial charge in [-0.25, -0.2) is 4.98 Å². The SMILES string of the molecule is O=C(Nc1nccs1)c1coc(NC(=O)C2CC2)n1. The number of amides is 2. The molecule has 2 aromatic heterocycles. The van der Waals surface area contributed by atoms with Crippen molar-refractivity contribution >= 4 is 34.3 Å². The lowest BCUT2D eigenvalue weighted by Crippen LogP contribution is -2.15. The van der Waals surface area contributed by atoms with Gasteiger partial charge < -0.3 is 4.42 Å². The highest BCUT2D eigenvalue weighted by Gasteiger charge is 2.30. The molecule has 0 aliphatic heterocycles. The van der Waals surface area contributed by atoms with Crippen LogP contribution in [0, 0.1) is 5.92 Å². The van der Waals surface area contributed by atoms with Crippen LogP contribution in [0.15, 0.2) is 22.3 Å². The average molecular weight is 278 g/mol. The molecule has 0 atom stereocenters. The van der Waals surface area contributed by atoms with Crippen molar-refractivity contribution in [1.82, 2.24) is 9.97 Å². The molecule has 0 aromatic carbocycles. The first-order valence-corrected chi connectivity index (χ1v) is 6.57. The number of hydrogen-bond donors (Lipinski definition) is 2. The predicted octanol–water partition coefficient (Wildman–Crippen LogP) is 1.73. The monoisotopic (exact) mass is 278 g/mol. The third-order valence-electron chi connectivity index (χ3n) is 2.57. The minimum atomic E-state index is -0.425. The second-order valence-corrected chi connectivity index (χ2v) is 4.99. The molecule has 0 bridgehead atoms. The molecular formula is C11H10N4O3S. The van der Waals surface area contributed by atoms with Gasteiger partial charge in [0.15, 0.2) is 10.8 Å². The maximum atomic E-state index is 11.8. The number of carbonyl (C=O) groups excluding carboxylic acids is 2. The minimum absolute atomic E-state index is 0.0428. The summed E-state index contributed by atoms with van der Waals surface area (Å²) in [6.45, 7) is 0. The summed E-state index contributed by atoms with van der Waals surface area (Å²) in [5.74, 6) is -0.487. The van der Waals surface area contributed by atoms with Gasteiger partial charge in [0.2, 0.25) is 5.91 Å². The van der Waals surface area contributed by atoms with Crippen LogP contribution in [0.4, 0.5) is 11.1 Å². The molecule has 2 heterocycles. The zero-order valence-corrected chi connectivity index (χ0v) is 10.6. The first-order chi connectivity index (χ1) is 9.22. The highest BCUT2D eigenvalue weighted by Crippen LogP contribution is 2.30. The Hall–Kier alpha value is -2.22. The smallest absolute Gasteiger partial charge is 0.302 e. The summed E-state index contributed by atoms with van der Waals surface area (Å²) in [5, 5.41) is 7.33. The molecule has 1 fully saturated rings. The number of aromatic nitrogens is 2. The lowest BCUT2D eigenvalue weighted by atomic mass is 10.4. The minimum Gasteiger partial charge on any atom is -0.431 e. The van der Waals surface area contributed by atoms with E-state index in [9.17, 15) is 9.59 Å². The number of nitrogens with one attached hydrogen (secondary N) is 2. The highest BCUT2D eigenvalue weighted by molar-refractivity contribution is 7.13. The topological polar surface area (TPSA) is 97.1 Å². The molecule has 7 nitrogen and oxygen atoms in total. The third-order valence-corrected chi connectivity index (χ3v) is 3.26. The van der Waals surface area contributed by atoms with Gasteiger partial charge in [0, 0.05) is 17.5 Å². The van der Waals surface area contributed by atoms with E-state index in [2.05, 4.69) is 20.6 Å². The van der Waals surface area contributed by atoms with Gasteiger partial charge in [0.25, 0.3) is 5.91 Å². The Morgan fingerprint density at radius 1 is 1.37 bits per heavy atom. The number of carbonyl (C=O) groups is 2. The fourth-order valence-corrected chi connectivity index (χ4v) is 1.96. The molecule has 1 aliphatic carbocycles. The van der Waals surface area contributed by atoms with Crippen LogP contribution in [-0.2, 0) is 4.79 Å². The molecular weight excluding hydrogens is 268 g/mol. The molecule has 8 heteroatoms. The Labute approximate surface area is 112 Å². The van der Waals surface area contributed by atoms with E-state index in [0.29, 0.717) is 5.13 Å². The summed E-state index contributed by atoms with van der Waals surface area (Å²) >= 11 is 1.30. The van der Waals surface area contributed by atoms with E-state index >= 15 is 0 Å². The summed E-state index contributed by atoms with van der Waals surface area (Å²) in [6.07, 6.45) is 4.57. The van der Waals surface area contributed by atoms with Gasteiger partial charge in [-0.05, 0) is 12.8 Å². The summed E-state index contributed by atoms with van der Waals surface area (Å²) in [7, 11) is 0. The molecule has 2 amide bonds. The fourth-order valence-electron chi connectivity index (χ4n) is 1.43. The molecule has 0 saturated heterocycles. The van der Waals surface area contributed by atoms with Crippen LogP contribution in [0.5, 0.6) is 0 Å². The number of hydrogen-bond acceptors (Lipinski definition) is 6. The van der Waals surface area contributed by atoms with E-state index in [1.54, 1.807) is 11.6 Å². The van der Waals surface area contributed by atoms with E-state index in [0.717, 1.165) is 12.8 Å². The summed E-state index contributed by atoms with van der Waals surface area (Å²) in [4.78, 5) is 31.1. The molecule has 0 radical (unpaired) electrons. The summed E-state index contributed by atoms with van der Waals surface area (Å²) in [5.41, 5.74) is 0.0984. The zero-order chi connectivity index (χ0) is 13.2.